The number of hydrogen-bond acceptors (Lipinski definition) is 7. The fourth-order valence-electron chi connectivity index (χ4n) is 2.71. The number of nitrogens with zero attached hydrogens (tertiary/aromatic N) is 5. The van der Waals surface area contributed by atoms with Crippen LogP contribution in [-0.2, 0) is 11.3 Å². The van der Waals surface area contributed by atoms with Crippen LogP contribution in [0.4, 0.5) is 5.82 Å². The highest BCUT2D eigenvalue weighted by Gasteiger charge is 2.28. The second-order valence-corrected chi connectivity index (χ2v) is 7.10. The Kier molecular flexibility index (Phi) is 4.89. The minimum absolute atomic E-state index is 0.0735. The summed E-state index contributed by atoms with van der Waals surface area (Å²) in [5, 5.41) is 3.23. The molecule has 3 rings (SSSR count). The summed E-state index contributed by atoms with van der Waals surface area (Å²) >= 11 is 1.69. The number of ether oxygens (including phenoxy) is 1. The van der Waals surface area contributed by atoms with Crippen molar-refractivity contribution in [3.8, 4) is 0 Å². The van der Waals surface area contributed by atoms with Gasteiger partial charge in [0.05, 0.1) is 30.0 Å². The van der Waals surface area contributed by atoms with Crippen molar-refractivity contribution in [1.82, 2.24) is 19.9 Å². The Morgan fingerprint density at radius 1 is 1.30 bits per heavy atom. The highest BCUT2D eigenvalue weighted by molar-refractivity contribution is 7.09. The Labute approximate surface area is 141 Å². The van der Waals surface area contributed by atoms with Crippen LogP contribution in [0.5, 0.6) is 0 Å². The van der Waals surface area contributed by atoms with Crippen LogP contribution in [0.2, 0.25) is 0 Å². The molecule has 2 aromatic heterocycles. The first kappa shape index (κ1) is 16.3. The van der Waals surface area contributed by atoms with Gasteiger partial charge in [-0.25, -0.2) is 15.0 Å². The summed E-state index contributed by atoms with van der Waals surface area (Å²) in [6, 6.07) is 2.07. The van der Waals surface area contributed by atoms with E-state index in [1.54, 1.807) is 11.3 Å². The zero-order valence-electron chi connectivity index (χ0n) is 14.1. The van der Waals surface area contributed by atoms with Gasteiger partial charge < -0.3 is 9.64 Å². The van der Waals surface area contributed by atoms with Gasteiger partial charge in [0.1, 0.15) is 11.6 Å². The average Bonchev–Trinajstić information content (AvgIpc) is 2.92. The second kappa shape index (κ2) is 6.90. The molecule has 0 N–H and O–H groups in total. The molecule has 2 aromatic rings. The van der Waals surface area contributed by atoms with Gasteiger partial charge in [-0.1, -0.05) is 0 Å². The van der Waals surface area contributed by atoms with Crippen molar-refractivity contribution >= 4 is 17.2 Å². The molecule has 1 aliphatic rings. The van der Waals surface area contributed by atoms with Gasteiger partial charge >= 0.3 is 0 Å². The first-order valence-electron chi connectivity index (χ1n) is 7.78. The summed E-state index contributed by atoms with van der Waals surface area (Å²) in [6.45, 7) is 7.10. The van der Waals surface area contributed by atoms with Crippen molar-refractivity contribution in [3.63, 3.8) is 0 Å². The molecule has 7 heteroatoms. The smallest absolute Gasteiger partial charge is 0.150 e. The molecule has 0 spiro atoms. The minimum Gasteiger partial charge on any atom is -0.378 e. The van der Waals surface area contributed by atoms with Gasteiger partial charge in [-0.05, 0) is 13.8 Å². The zero-order chi connectivity index (χ0) is 16.4. The molecule has 1 saturated heterocycles. The first-order chi connectivity index (χ1) is 11.0. The predicted octanol–water partition coefficient (Wildman–Crippen LogP) is 2.19. The maximum atomic E-state index is 5.70. The van der Waals surface area contributed by atoms with Gasteiger partial charge in [-0.3, -0.25) is 4.90 Å². The van der Waals surface area contributed by atoms with E-state index in [0.29, 0.717) is 6.61 Å². The SMILES string of the molecule is Cc1cc(N(C)C)nc(C2COCCN2Cc2csc(C)n2)n1. The van der Waals surface area contributed by atoms with Crippen LogP contribution in [0.1, 0.15) is 28.3 Å². The van der Waals surface area contributed by atoms with E-state index < -0.39 is 0 Å². The van der Waals surface area contributed by atoms with Gasteiger partial charge in [0.15, 0.2) is 0 Å². The number of aromatic nitrogens is 3. The zero-order valence-corrected chi connectivity index (χ0v) is 14.9. The molecule has 1 fully saturated rings. The molecule has 23 heavy (non-hydrogen) atoms. The number of anilines is 1. The van der Waals surface area contributed by atoms with Gasteiger partial charge in [0.2, 0.25) is 0 Å². The lowest BCUT2D eigenvalue weighted by molar-refractivity contribution is -0.0164. The molecule has 1 atom stereocenters. The summed E-state index contributed by atoms with van der Waals surface area (Å²) in [5.41, 5.74) is 2.09. The Morgan fingerprint density at radius 3 is 2.83 bits per heavy atom. The molecule has 124 valence electrons. The van der Waals surface area contributed by atoms with Crippen LogP contribution in [0.3, 0.4) is 0 Å². The van der Waals surface area contributed by atoms with Crippen molar-refractivity contribution in [1.29, 1.82) is 0 Å². The van der Waals surface area contributed by atoms with E-state index in [4.69, 9.17) is 9.72 Å². The second-order valence-electron chi connectivity index (χ2n) is 6.04. The molecule has 0 bridgehead atoms. The molecular weight excluding hydrogens is 310 g/mol. The van der Waals surface area contributed by atoms with Gasteiger partial charge in [-0.15, -0.1) is 11.3 Å². The third-order valence-electron chi connectivity index (χ3n) is 3.89. The monoisotopic (exact) mass is 333 g/mol. The topological polar surface area (TPSA) is 54.4 Å². The molecule has 3 heterocycles. The molecule has 1 aliphatic heterocycles. The van der Waals surface area contributed by atoms with Gasteiger partial charge in [0.25, 0.3) is 0 Å². The summed E-state index contributed by atoms with van der Waals surface area (Å²) in [4.78, 5) is 18.3. The van der Waals surface area contributed by atoms with E-state index in [2.05, 4.69) is 20.2 Å². The number of hydrogen-bond donors (Lipinski definition) is 0. The summed E-state index contributed by atoms with van der Waals surface area (Å²) < 4.78 is 5.70. The highest BCUT2D eigenvalue weighted by Crippen LogP contribution is 2.25. The minimum atomic E-state index is 0.0735. The Morgan fingerprint density at radius 2 is 2.13 bits per heavy atom. The van der Waals surface area contributed by atoms with Crippen LogP contribution < -0.4 is 4.90 Å². The number of morpholine rings is 1. The van der Waals surface area contributed by atoms with Crippen LogP contribution in [0, 0.1) is 13.8 Å². The van der Waals surface area contributed by atoms with E-state index in [0.717, 1.165) is 47.7 Å². The maximum absolute atomic E-state index is 5.70. The van der Waals surface area contributed by atoms with Gasteiger partial charge in [0, 0.05) is 44.3 Å². The van der Waals surface area contributed by atoms with Gasteiger partial charge in [-0.2, -0.15) is 0 Å². The third-order valence-corrected chi connectivity index (χ3v) is 4.71. The Bertz CT molecular complexity index is 672. The van der Waals surface area contributed by atoms with E-state index in [9.17, 15) is 0 Å². The van der Waals surface area contributed by atoms with Crippen LogP contribution >= 0.6 is 11.3 Å². The van der Waals surface area contributed by atoms with Crippen molar-refractivity contribution in [2.75, 3.05) is 38.8 Å². The summed E-state index contributed by atoms with van der Waals surface area (Å²) in [7, 11) is 4.00. The lowest BCUT2D eigenvalue weighted by Gasteiger charge is -2.34. The Hall–Kier alpha value is -1.57. The molecule has 0 amide bonds. The lowest BCUT2D eigenvalue weighted by atomic mass is 10.2. The molecular formula is C16H23N5OS. The fraction of sp³-hybridized carbons (Fsp3) is 0.562. The van der Waals surface area contributed by atoms with E-state index >= 15 is 0 Å². The van der Waals surface area contributed by atoms with Crippen LogP contribution in [0.25, 0.3) is 0 Å². The number of thiazole rings is 1. The first-order valence-corrected chi connectivity index (χ1v) is 8.66. The number of rotatable bonds is 4. The van der Waals surface area contributed by atoms with E-state index in [1.165, 1.54) is 0 Å². The van der Waals surface area contributed by atoms with Crippen molar-refractivity contribution in [2.24, 2.45) is 0 Å². The molecule has 0 aromatic carbocycles. The molecule has 0 radical (unpaired) electrons. The highest BCUT2D eigenvalue weighted by atomic mass is 32.1. The fourth-order valence-corrected chi connectivity index (χ4v) is 3.31. The average molecular weight is 333 g/mol. The van der Waals surface area contributed by atoms with E-state index in [-0.39, 0.29) is 6.04 Å². The predicted molar refractivity (Wildman–Crippen MR) is 91.9 cm³/mol. The van der Waals surface area contributed by atoms with Crippen molar-refractivity contribution in [3.05, 3.63) is 33.7 Å². The Balaban J connectivity index is 1.86. The van der Waals surface area contributed by atoms with Crippen molar-refractivity contribution in [2.45, 2.75) is 26.4 Å². The molecule has 1 unspecified atom stereocenters. The molecule has 0 saturated carbocycles. The van der Waals surface area contributed by atoms with Crippen molar-refractivity contribution < 1.29 is 4.74 Å². The largest absolute Gasteiger partial charge is 0.378 e. The van der Waals surface area contributed by atoms with E-state index in [1.807, 2.05) is 38.9 Å². The molecule has 6 nitrogen and oxygen atoms in total. The normalized spacial score (nSPS) is 19.0. The lowest BCUT2D eigenvalue weighted by Crippen LogP contribution is -2.40. The maximum Gasteiger partial charge on any atom is 0.150 e. The van der Waals surface area contributed by atoms with Crippen LogP contribution in [-0.4, -0.2) is 53.7 Å². The standard InChI is InChI=1S/C16H23N5OS/c1-11-7-15(20(3)4)19-16(17-11)14-9-22-6-5-21(14)8-13-10-23-12(2)18-13/h7,10,14H,5-6,8-9H2,1-4H3. The summed E-state index contributed by atoms with van der Waals surface area (Å²) in [6.07, 6.45) is 0. The summed E-state index contributed by atoms with van der Waals surface area (Å²) in [5.74, 6) is 1.77. The quantitative estimate of drug-likeness (QED) is 0.855. The number of aryl methyl sites for hydroxylation is 2. The molecule has 0 aliphatic carbocycles. The third kappa shape index (κ3) is 3.85. The van der Waals surface area contributed by atoms with Crippen LogP contribution in [0.15, 0.2) is 11.4 Å².